The predicted molar refractivity (Wildman–Crippen MR) is 104 cm³/mol. The largest absolute Gasteiger partial charge is 0.467 e. The van der Waals surface area contributed by atoms with Crippen LogP contribution in [0.15, 0.2) is 29.0 Å². The number of nitrogens with one attached hydrogen (secondary N) is 2. The Morgan fingerprint density at radius 2 is 2.18 bits per heavy atom. The number of esters is 1. The number of imidazole rings is 1. The second-order valence-electron chi connectivity index (χ2n) is 6.98. The lowest BCUT2D eigenvalue weighted by molar-refractivity contribution is -0.144. The van der Waals surface area contributed by atoms with E-state index in [1.165, 1.54) is 13.2 Å². The van der Waals surface area contributed by atoms with E-state index >= 15 is 0 Å². The SMILES string of the molecule is COC(=O)[C@@H](NC(=O)N1CCc2[nH]cnc2[C@H]1c1ccc(F)c(Br)c1)C(C)C. The Bertz CT molecular complexity index is 886. The zero-order valence-electron chi connectivity index (χ0n) is 15.8. The molecule has 150 valence electrons. The zero-order valence-corrected chi connectivity index (χ0v) is 17.4. The van der Waals surface area contributed by atoms with Gasteiger partial charge in [-0.3, -0.25) is 0 Å². The van der Waals surface area contributed by atoms with E-state index in [2.05, 4.69) is 31.2 Å². The van der Waals surface area contributed by atoms with Crippen molar-refractivity contribution >= 4 is 27.9 Å². The van der Waals surface area contributed by atoms with E-state index in [-0.39, 0.29) is 11.7 Å². The summed E-state index contributed by atoms with van der Waals surface area (Å²) in [7, 11) is 1.29. The number of carbonyl (C=O) groups is 2. The summed E-state index contributed by atoms with van der Waals surface area (Å²) in [6.07, 6.45) is 2.19. The summed E-state index contributed by atoms with van der Waals surface area (Å²) in [6, 6.07) is 2.96. The maximum Gasteiger partial charge on any atom is 0.328 e. The van der Waals surface area contributed by atoms with Gasteiger partial charge in [-0.05, 0) is 39.5 Å². The first-order valence-electron chi connectivity index (χ1n) is 8.95. The summed E-state index contributed by atoms with van der Waals surface area (Å²) in [4.78, 5) is 34.2. The Balaban J connectivity index is 1.95. The van der Waals surface area contributed by atoms with Crippen LogP contribution in [0, 0.1) is 11.7 Å². The summed E-state index contributed by atoms with van der Waals surface area (Å²) in [5, 5.41) is 2.77. The van der Waals surface area contributed by atoms with Crippen molar-refractivity contribution in [1.29, 1.82) is 0 Å². The number of methoxy groups -OCH3 is 1. The first-order chi connectivity index (χ1) is 13.3. The fourth-order valence-electron chi connectivity index (χ4n) is 3.36. The van der Waals surface area contributed by atoms with Crippen molar-refractivity contribution in [3.05, 3.63) is 51.8 Å². The van der Waals surface area contributed by atoms with E-state index in [9.17, 15) is 14.0 Å². The molecule has 1 aliphatic rings. The molecule has 1 aromatic heterocycles. The Morgan fingerprint density at radius 1 is 1.43 bits per heavy atom. The first-order valence-corrected chi connectivity index (χ1v) is 9.74. The highest BCUT2D eigenvalue weighted by Gasteiger charge is 2.36. The highest BCUT2D eigenvalue weighted by atomic mass is 79.9. The number of halogens is 2. The molecule has 7 nitrogen and oxygen atoms in total. The molecule has 0 saturated heterocycles. The van der Waals surface area contributed by atoms with Gasteiger partial charge in [0.25, 0.3) is 0 Å². The Kier molecular flexibility index (Phi) is 6.02. The lowest BCUT2D eigenvalue weighted by Crippen LogP contribution is -2.53. The van der Waals surface area contributed by atoms with Crippen LogP contribution in [-0.4, -0.2) is 46.6 Å². The Hall–Kier alpha value is -2.42. The average Bonchev–Trinajstić information content (AvgIpc) is 3.15. The summed E-state index contributed by atoms with van der Waals surface area (Å²) in [5.74, 6) is -1.02. The highest BCUT2D eigenvalue weighted by Crippen LogP contribution is 2.35. The molecular weight excluding hydrogens is 431 g/mol. The first kappa shape index (κ1) is 20.3. The normalized spacial score (nSPS) is 17.2. The maximum absolute atomic E-state index is 13.7. The van der Waals surface area contributed by atoms with Crippen molar-refractivity contribution in [2.45, 2.75) is 32.4 Å². The van der Waals surface area contributed by atoms with Gasteiger partial charge in [-0.15, -0.1) is 0 Å². The Labute approximate surface area is 170 Å². The number of urea groups is 1. The summed E-state index contributed by atoms with van der Waals surface area (Å²) in [5.41, 5.74) is 2.36. The van der Waals surface area contributed by atoms with Gasteiger partial charge >= 0.3 is 12.0 Å². The molecule has 0 radical (unpaired) electrons. The van der Waals surface area contributed by atoms with Crippen molar-refractivity contribution in [3.8, 4) is 0 Å². The van der Waals surface area contributed by atoms with Crippen LogP contribution in [0.25, 0.3) is 0 Å². The lowest BCUT2D eigenvalue weighted by Gasteiger charge is -2.36. The van der Waals surface area contributed by atoms with Gasteiger partial charge in [0, 0.05) is 18.7 Å². The smallest absolute Gasteiger partial charge is 0.328 e. The maximum atomic E-state index is 13.7. The summed E-state index contributed by atoms with van der Waals surface area (Å²) < 4.78 is 18.8. The van der Waals surface area contributed by atoms with Crippen LogP contribution in [0.3, 0.4) is 0 Å². The third kappa shape index (κ3) is 3.89. The molecular formula is C19H22BrFN4O3. The number of H-pyrrole nitrogens is 1. The van der Waals surface area contributed by atoms with Crippen LogP contribution in [0.4, 0.5) is 9.18 Å². The van der Waals surface area contributed by atoms with Gasteiger partial charge in [0.2, 0.25) is 0 Å². The minimum Gasteiger partial charge on any atom is -0.467 e. The molecule has 2 amide bonds. The number of carbonyl (C=O) groups excluding carboxylic acids is 2. The van der Waals surface area contributed by atoms with Gasteiger partial charge in [0.05, 0.1) is 23.6 Å². The van der Waals surface area contributed by atoms with Crippen LogP contribution in [0.1, 0.15) is 36.8 Å². The summed E-state index contributed by atoms with van der Waals surface area (Å²) >= 11 is 3.20. The van der Waals surface area contributed by atoms with Crippen LogP contribution < -0.4 is 5.32 Å². The topological polar surface area (TPSA) is 87.3 Å². The van der Waals surface area contributed by atoms with E-state index in [1.807, 2.05) is 13.8 Å². The van der Waals surface area contributed by atoms with Gasteiger partial charge in [0.15, 0.2) is 0 Å². The highest BCUT2D eigenvalue weighted by molar-refractivity contribution is 9.10. The molecule has 2 heterocycles. The van der Waals surface area contributed by atoms with E-state index < -0.39 is 24.1 Å². The minimum absolute atomic E-state index is 0.138. The van der Waals surface area contributed by atoms with Crippen molar-refractivity contribution in [3.63, 3.8) is 0 Å². The third-order valence-corrected chi connectivity index (χ3v) is 5.45. The standard InChI is InChI=1S/C19H22BrFN4O3/c1-10(2)15(18(26)28-3)24-19(27)25-7-6-14-16(23-9-22-14)17(25)11-4-5-13(21)12(20)8-11/h4-5,8-10,15,17H,6-7H2,1-3H3,(H,22,23)(H,24,27)/t15-,17+/m0/s1. The molecule has 28 heavy (non-hydrogen) atoms. The Morgan fingerprint density at radius 3 is 2.82 bits per heavy atom. The molecule has 0 saturated carbocycles. The lowest BCUT2D eigenvalue weighted by atomic mass is 9.96. The number of aromatic nitrogens is 2. The van der Waals surface area contributed by atoms with Crippen LogP contribution in [-0.2, 0) is 16.0 Å². The summed E-state index contributed by atoms with van der Waals surface area (Å²) in [6.45, 7) is 4.09. The molecule has 1 aliphatic heterocycles. The van der Waals surface area contributed by atoms with Gasteiger partial charge in [-0.1, -0.05) is 19.9 Å². The van der Waals surface area contributed by atoms with Crippen molar-refractivity contribution in [2.75, 3.05) is 13.7 Å². The van der Waals surface area contributed by atoms with E-state index in [4.69, 9.17) is 4.74 Å². The molecule has 1 aromatic carbocycles. The molecule has 2 aromatic rings. The fourth-order valence-corrected chi connectivity index (χ4v) is 3.75. The number of ether oxygens (including phenoxy) is 1. The molecule has 3 rings (SSSR count). The number of rotatable bonds is 4. The second kappa shape index (κ2) is 8.30. The number of amides is 2. The number of hydrogen-bond donors (Lipinski definition) is 2. The van der Waals surface area contributed by atoms with Gasteiger partial charge in [-0.25, -0.2) is 19.0 Å². The number of nitrogens with zero attached hydrogens (tertiary/aromatic N) is 2. The number of hydrogen-bond acceptors (Lipinski definition) is 4. The van der Waals surface area contributed by atoms with Gasteiger partial charge in [0.1, 0.15) is 17.9 Å². The second-order valence-corrected chi connectivity index (χ2v) is 7.83. The van der Waals surface area contributed by atoms with Crippen molar-refractivity contribution < 1.29 is 18.7 Å². The predicted octanol–water partition coefficient (Wildman–Crippen LogP) is 3.17. The number of fused-ring (bicyclic) bond motifs is 1. The van der Waals surface area contributed by atoms with Gasteiger partial charge < -0.3 is 19.9 Å². The van der Waals surface area contributed by atoms with Crippen LogP contribution >= 0.6 is 15.9 Å². The molecule has 9 heteroatoms. The van der Waals surface area contributed by atoms with Crippen molar-refractivity contribution in [2.24, 2.45) is 5.92 Å². The molecule has 0 aliphatic carbocycles. The van der Waals surface area contributed by atoms with Gasteiger partial charge in [-0.2, -0.15) is 0 Å². The molecule has 0 spiro atoms. The molecule has 0 bridgehead atoms. The third-order valence-electron chi connectivity index (χ3n) is 4.85. The minimum atomic E-state index is -0.765. The zero-order chi connectivity index (χ0) is 20.4. The van der Waals surface area contributed by atoms with Crippen LogP contribution in [0.2, 0.25) is 0 Å². The molecule has 2 N–H and O–H groups in total. The van der Waals surface area contributed by atoms with Crippen LogP contribution in [0.5, 0.6) is 0 Å². The molecule has 2 atom stereocenters. The number of benzene rings is 1. The van der Waals surface area contributed by atoms with E-state index in [1.54, 1.807) is 23.4 Å². The quantitative estimate of drug-likeness (QED) is 0.697. The fraction of sp³-hybridized carbons (Fsp3) is 0.421. The van der Waals surface area contributed by atoms with E-state index in [0.717, 1.165) is 11.3 Å². The molecule has 0 unspecified atom stereocenters. The molecule has 0 fully saturated rings. The van der Waals surface area contributed by atoms with Crippen molar-refractivity contribution in [1.82, 2.24) is 20.2 Å². The monoisotopic (exact) mass is 452 g/mol. The average molecular weight is 453 g/mol. The van der Waals surface area contributed by atoms with E-state index in [0.29, 0.717) is 23.1 Å². The number of aromatic amines is 1.